The molecule has 110 valence electrons. The first-order chi connectivity index (χ1) is 9.53. The lowest BCUT2D eigenvalue weighted by Gasteiger charge is -2.54. The summed E-state index contributed by atoms with van der Waals surface area (Å²) in [6.45, 7) is 4.47. The van der Waals surface area contributed by atoms with Crippen molar-refractivity contribution >= 4 is 0 Å². The van der Waals surface area contributed by atoms with E-state index >= 15 is 0 Å². The van der Waals surface area contributed by atoms with E-state index in [1.807, 2.05) is 0 Å². The van der Waals surface area contributed by atoms with E-state index < -0.39 is 5.60 Å². The van der Waals surface area contributed by atoms with Gasteiger partial charge in [0.25, 0.3) is 0 Å². The fourth-order valence-corrected chi connectivity index (χ4v) is 6.14. The molecule has 0 spiro atoms. The molecule has 0 amide bonds. The minimum atomic E-state index is -0.431. The molecule has 0 aromatic carbocycles. The first kappa shape index (κ1) is 13.1. The molecule has 0 aliphatic heterocycles. The van der Waals surface area contributed by atoms with Crippen molar-refractivity contribution in [3.8, 4) is 0 Å². The Balaban J connectivity index is 1.68. The number of allylic oxidation sites excluding steroid dienone is 4. The molecular weight excluding hydrogens is 244 g/mol. The molecule has 1 N–H and O–H groups in total. The zero-order valence-electron chi connectivity index (χ0n) is 12.9. The maximum atomic E-state index is 10.8. The molecule has 0 aromatic rings. The molecule has 4 aliphatic rings. The highest BCUT2D eigenvalue weighted by Crippen LogP contribution is 2.63. The fourth-order valence-electron chi connectivity index (χ4n) is 6.14. The molecule has 0 saturated heterocycles. The zero-order chi connectivity index (χ0) is 14.0. The second kappa shape index (κ2) is 4.22. The Morgan fingerprint density at radius 2 is 1.95 bits per heavy atom. The number of rotatable bonds is 0. The summed E-state index contributed by atoms with van der Waals surface area (Å²) in [5.74, 6) is 3.31. The van der Waals surface area contributed by atoms with Gasteiger partial charge in [0.2, 0.25) is 0 Å². The summed E-state index contributed by atoms with van der Waals surface area (Å²) in [6.07, 6.45) is 16.0. The molecule has 0 bridgehead atoms. The van der Waals surface area contributed by atoms with E-state index in [2.05, 4.69) is 32.1 Å². The van der Waals surface area contributed by atoms with Gasteiger partial charge in [-0.25, -0.2) is 0 Å². The fraction of sp³-hybridized carbons (Fsp3) is 0.789. The first-order valence-corrected chi connectivity index (χ1v) is 8.62. The summed E-state index contributed by atoms with van der Waals surface area (Å²) in [5.41, 5.74) is 1.37. The van der Waals surface area contributed by atoms with Gasteiger partial charge in [0.15, 0.2) is 0 Å². The van der Waals surface area contributed by atoms with Crippen LogP contribution < -0.4 is 0 Å². The van der Waals surface area contributed by atoms with E-state index in [1.54, 1.807) is 5.57 Å². The van der Waals surface area contributed by atoms with Gasteiger partial charge in [-0.2, -0.15) is 0 Å². The highest BCUT2D eigenvalue weighted by Gasteiger charge is 2.59. The Morgan fingerprint density at radius 1 is 1.10 bits per heavy atom. The van der Waals surface area contributed by atoms with Crippen LogP contribution in [0, 0.1) is 29.1 Å². The predicted molar refractivity (Wildman–Crippen MR) is 82.2 cm³/mol. The van der Waals surface area contributed by atoms with E-state index in [9.17, 15) is 5.11 Å². The normalized spacial score (nSPS) is 53.9. The Morgan fingerprint density at radius 3 is 2.80 bits per heavy atom. The Hall–Kier alpha value is -0.560. The van der Waals surface area contributed by atoms with Crippen LogP contribution in [0.1, 0.15) is 58.8 Å². The van der Waals surface area contributed by atoms with Crippen LogP contribution in [0.4, 0.5) is 0 Å². The van der Waals surface area contributed by atoms with Gasteiger partial charge in [-0.3, -0.25) is 0 Å². The summed E-state index contributed by atoms with van der Waals surface area (Å²) < 4.78 is 0. The van der Waals surface area contributed by atoms with Gasteiger partial charge in [-0.05, 0) is 86.5 Å². The quantitative estimate of drug-likeness (QED) is 0.689. The maximum absolute atomic E-state index is 10.8. The Bertz CT molecular complexity index is 472. The van der Waals surface area contributed by atoms with E-state index in [0.717, 1.165) is 30.1 Å². The van der Waals surface area contributed by atoms with Crippen LogP contribution in [0.15, 0.2) is 23.8 Å². The number of fused-ring (bicyclic) bond motifs is 5. The van der Waals surface area contributed by atoms with Crippen LogP contribution >= 0.6 is 0 Å². The van der Waals surface area contributed by atoms with E-state index in [0.29, 0.717) is 0 Å². The molecule has 4 rings (SSSR count). The topological polar surface area (TPSA) is 20.2 Å². The third kappa shape index (κ3) is 1.59. The summed E-state index contributed by atoms with van der Waals surface area (Å²) in [5, 5.41) is 10.8. The average molecular weight is 272 g/mol. The average Bonchev–Trinajstić information content (AvgIpc) is 2.69. The van der Waals surface area contributed by atoms with Crippen molar-refractivity contribution < 1.29 is 5.11 Å². The number of hydrogen-bond donors (Lipinski definition) is 1. The van der Waals surface area contributed by atoms with Crippen molar-refractivity contribution in [1.82, 2.24) is 0 Å². The third-order valence-electron chi connectivity index (χ3n) is 7.58. The van der Waals surface area contributed by atoms with Gasteiger partial charge in [-0.1, -0.05) is 25.2 Å². The monoisotopic (exact) mass is 272 g/mol. The molecule has 6 atom stereocenters. The van der Waals surface area contributed by atoms with Gasteiger partial charge < -0.3 is 5.11 Å². The van der Waals surface area contributed by atoms with Crippen LogP contribution in [0.5, 0.6) is 0 Å². The van der Waals surface area contributed by atoms with Crippen molar-refractivity contribution in [2.75, 3.05) is 0 Å². The van der Waals surface area contributed by atoms with Crippen LogP contribution in [0.2, 0.25) is 0 Å². The molecule has 0 aromatic heterocycles. The second-order valence-electron chi connectivity index (χ2n) is 8.23. The maximum Gasteiger partial charge on any atom is 0.0675 e. The van der Waals surface area contributed by atoms with E-state index in [4.69, 9.17) is 0 Å². The van der Waals surface area contributed by atoms with Gasteiger partial charge in [-0.15, -0.1) is 0 Å². The van der Waals surface area contributed by atoms with Crippen molar-refractivity contribution in [1.29, 1.82) is 0 Å². The Kier molecular flexibility index (Phi) is 2.77. The van der Waals surface area contributed by atoms with E-state index in [1.165, 1.54) is 38.5 Å². The minimum absolute atomic E-state index is 0.171. The highest BCUT2D eigenvalue weighted by molar-refractivity contribution is 5.29. The molecule has 0 unspecified atom stereocenters. The summed E-state index contributed by atoms with van der Waals surface area (Å²) in [6, 6.07) is 0. The van der Waals surface area contributed by atoms with Crippen molar-refractivity contribution in [2.45, 2.75) is 64.4 Å². The third-order valence-corrected chi connectivity index (χ3v) is 7.58. The van der Waals surface area contributed by atoms with Crippen LogP contribution in [-0.4, -0.2) is 10.7 Å². The lowest BCUT2D eigenvalue weighted by Crippen LogP contribution is -2.50. The number of hydrogen-bond acceptors (Lipinski definition) is 1. The lowest BCUT2D eigenvalue weighted by molar-refractivity contribution is -0.102. The van der Waals surface area contributed by atoms with Crippen molar-refractivity contribution in [3.05, 3.63) is 23.8 Å². The molecule has 0 radical (unpaired) electrons. The van der Waals surface area contributed by atoms with Crippen LogP contribution in [0.25, 0.3) is 0 Å². The predicted octanol–water partition coefficient (Wildman–Crippen LogP) is 4.48. The largest absolute Gasteiger partial charge is 0.390 e. The standard InChI is InChI=1S/C19H28O/c1-18-11-9-15-14-6-4-3-5-13(14)7-8-16(15)17(18)10-12-19(18,2)20/h3,5,7,14-17,20H,4,6,8-12H2,1-2H3/t14-,15+,16+,17-,18-,19-/m0/s1. The van der Waals surface area contributed by atoms with Gasteiger partial charge in [0.1, 0.15) is 0 Å². The smallest absolute Gasteiger partial charge is 0.0675 e. The summed E-state index contributed by atoms with van der Waals surface area (Å²) >= 11 is 0. The van der Waals surface area contributed by atoms with Crippen LogP contribution in [0.3, 0.4) is 0 Å². The summed E-state index contributed by atoms with van der Waals surface area (Å²) in [7, 11) is 0. The van der Waals surface area contributed by atoms with Gasteiger partial charge in [0.05, 0.1) is 5.60 Å². The number of aliphatic hydroxyl groups is 1. The van der Waals surface area contributed by atoms with Crippen molar-refractivity contribution in [2.24, 2.45) is 29.1 Å². The second-order valence-corrected chi connectivity index (χ2v) is 8.23. The van der Waals surface area contributed by atoms with Gasteiger partial charge in [0, 0.05) is 0 Å². The zero-order valence-corrected chi connectivity index (χ0v) is 12.9. The molecule has 0 heterocycles. The van der Waals surface area contributed by atoms with E-state index in [-0.39, 0.29) is 5.41 Å². The molecular formula is C19H28O. The Labute approximate surface area is 123 Å². The lowest BCUT2D eigenvalue weighted by atomic mass is 9.52. The molecule has 2 saturated carbocycles. The SMILES string of the molecule is C[C@]1(O)CC[C@H]2[C@@H]3CC=C4C=CCC[C@@H]4[C@H]3CC[C@@]21C. The van der Waals surface area contributed by atoms with Crippen molar-refractivity contribution in [3.63, 3.8) is 0 Å². The first-order valence-electron chi connectivity index (χ1n) is 8.62. The molecule has 4 aliphatic carbocycles. The molecule has 20 heavy (non-hydrogen) atoms. The molecule has 2 fully saturated rings. The molecule has 1 heteroatoms. The summed E-state index contributed by atoms with van der Waals surface area (Å²) in [4.78, 5) is 0. The van der Waals surface area contributed by atoms with Crippen LogP contribution in [-0.2, 0) is 0 Å². The van der Waals surface area contributed by atoms with Gasteiger partial charge >= 0.3 is 0 Å². The highest BCUT2D eigenvalue weighted by atomic mass is 16.3. The molecule has 1 nitrogen and oxygen atoms in total. The minimum Gasteiger partial charge on any atom is -0.390 e.